The van der Waals surface area contributed by atoms with Crippen LogP contribution < -0.4 is 10.6 Å². The van der Waals surface area contributed by atoms with E-state index >= 15 is 0 Å². The highest BCUT2D eigenvalue weighted by molar-refractivity contribution is 4.77. The van der Waals surface area contributed by atoms with Crippen LogP contribution in [0.15, 0.2) is 18.5 Å². The van der Waals surface area contributed by atoms with Gasteiger partial charge in [-0.15, -0.1) is 0 Å². The first-order valence-corrected chi connectivity index (χ1v) is 6.01. The van der Waals surface area contributed by atoms with E-state index in [-0.39, 0.29) is 5.54 Å². The third kappa shape index (κ3) is 6.58. The maximum atomic E-state index is 4.15. The highest BCUT2D eigenvalue weighted by Gasteiger charge is 2.06. The largest absolute Gasteiger partial charge is 0.315 e. The summed E-state index contributed by atoms with van der Waals surface area (Å²) in [5, 5.41) is 11.0. The molecule has 4 nitrogen and oxygen atoms in total. The maximum absolute atomic E-state index is 4.15. The molecule has 0 aliphatic rings. The van der Waals surface area contributed by atoms with Gasteiger partial charge in [0.1, 0.15) is 0 Å². The van der Waals surface area contributed by atoms with E-state index in [0.29, 0.717) is 0 Å². The van der Waals surface area contributed by atoms with Crippen LogP contribution in [-0.2, 0) is 6.54 Å². The molecular formula is C12H24N4. The van der Waals surface area contributed by atoms with E-state index in [1.165, 1.54) is 0 Å². The monoisotopic (exact) mass is 224 g/mol. The zero-order valence-electron chi connectivity index (χ0n) is 10.7. The number of hydrogen-bond donors (Lipinski definition) is 2. The average Bonchev–Trinajstić information content (AvgIpc) is 2.67. The molecule has 2 N–H and O–H groups in total. The minimum atomic E-state index is 0.231. The van der Waals surface area contributed by atoms with Crippen molar-refractivity contribution in [2.45, 2.75) is 39.3 Å². The molecule has 1 rings (SSSR count). The lowest BCUT2D eigenvalue weighted by Gasteiger charge is -2.20. The highest BCUT2D eigenvalue weighted by Crippen LogP contribution is 1.97. The molecule has 0 bridgehead atoms. The quantitative estimate of drug-likeness (QED) is 0.685. The normalized spacial score (nSPS) is 11.9. The summed E-state index contributed by atoms with van der Waals surface area (Å²) in [6.45, 7) is 10.6. The molecule has 0 saturated heterocycles. The third-order valence-electron chi connectivity index (χ3n) is 2.26. The van der Waals surface area contributed by atoms with Crippen molar-refractivity contribution in [2.24, 2.45) is 0 Å². The van der Waals surface area contributed by atoms with Crippen molar-refractivity contribution in [1.82, 2.24) is 20.4 Å². The Morgan fingerprint density at radius 2 is 2.00 bits per heavy atom. The first-order chi connectivity index (χ1) is 7.58. The summed E-state index contributed by atoms with van der Waals surface area (Å²) < 4.78 is 1.94. The summed E-state index contributed by atoms with van der Waals surface area (Å²) >= 11 is 0. The van der Waals surface area contributed by atoms with Gasteiger partial charge < -0.3 is 10.6 Å². The van der Waals surface area contributed by atoms with E-state index in [0.717, 1.165) is 32.6 Å². The van der Waals surface area contributed by atoms with Gasteiger partial charge >= 0.3 is 0 Å². The summed E-state index contributed by atoms with van der Waals surface area (Å²) in [5.41, 5.74) is 0.231. The summed E-state index contributed by atoms with van der Waals surface area (Å²) in [6.07, 6.45) is 4.96. The van der Waals surface area contributed by atoms with E-state index in [4.69, 9.17) is 0 Å². The predicted octanol–water partition coefficient (Wildman–Crippen LogP) is 1.25. The van der Waals surface area contributed by atoms with Gasteiger partial charge in [0.2, 0.25) is 0 Å². The Labute approximate surface area is 98.4 Å². The molecule has 0 amide bonds. The number of aromatic nitrogens is 2. The fourth-order valence-corrected chi connectivity index (χ4v) is 1.43. The van der Waals surface area contributed by atoms with Gasteiger partial charge in [0.25, 0.3) is 0 Å². The van der Waals surface area contributed by atoms with Crippen LogP contribution in [0.25, 0.3) is 0 Å². The van der Waals surface area contributed by atoms with Gasteiger partial charge in [0, 0.05) is 24.5 Å². The summed E-state index contributed by atoms with van der Waals surface area (Å²) in [4.78, 5) is 0. The molecule has 0 spiro atoms. The molecule has 0 aromatic carbocycles. The second kappa shape index (κ2) is 6.66. The van der Waals surface area contributed by atoms with Gasteiger partial charge in [-0.1, -0.05) is 0 Å². The van der Waals surface area contributed by atoms with Crippen LogP contribution in [0.3, 0.4) is 0 Å². The molecule has 0 atom stereocenters. The van der Waals surface area contributed by atoms with Crippen LogP contribution in [0.5, 0.6) is 0 Å². The molecule has 1 heterocycles. The number of nitrogens with one attached hydrogen (secondary N) is 2. The summed E-state index contributed by atoms with van der Waals surface area (Å²) in [5.74, 6) is 0. The van der Waals surface area contributed by atoms with Gasteiger partial charge in [-0.2, -0.15) is 5.10 Å². The minimum Gasteiger partial charge on any atom is -0.315 e. The van der Waals surface area contributed by atoms with E-state index in [2.05, 4.69) is 36.5 Å². The lowest BCUT2D eigenvalue weighted by atomic mass is 10.1. The van der Waals surface area contributed by atoms with Crippen molar-refractivity contribution >= 4 is 0 Å². The fourth-order valence-electron chi connectivity index (χ4n) is 1.43. The summed E-state index contributed by atoms with van der Waals surface area (Å²) in [7, 11) is 0. The Bertz CT molecular complexity index is 261. The van der Waals surface area contributed by atoms with Crippen molar-refractivity contribution in [3.05, 3.63) is 18.5 Å². The van der Waals surface area contributed by atoms with Gasteiger partial charge in [-0.3, -0.25) is 4.68 Å². The van der Waals surface area contributed by atoms with Crippen LogP contribution in [0.4, 0.5) is 0 Å². The van der Waals surface area contributed by atoms with Gasteiger partial charge in [0.15, 0.2) is 0 Å². The molecule has 1 aromatic rings. The molecule has 0 aliphatic heterocycles. The van der Waals surface area contributed by atoms with Crippen LogP contribution in [-0.4, -0.2) is 35.0 Å². The van der Waals surface area contributed by atoms with Crippen molar-refractivity contribution in [3.8, 4) is 0 Å². The Morgan fingerprint density at radius 3 is 2.62 bits per heavy atom. The first kappa shape index (κ1) is 13.2. The van der Waals surface area contributed by atoms with Crippen molar-refractivity contribution in [2.75, 3.05) is 19.6 Å². The zero-order valence-corrected chi connectivity index (χ0v) is 10.7. The third-order valence-corrected chi connectivity index (χ3v) is 2.26. The minimum absolute atomic E-state index is 0.231. The van der Waals surface area contributed by atoms with Crippen LogP contribution >= 0.6 is 0 Å². The van der Waals surface area contributed by atoms with E-state index < -0.39 is 0 Å². The molecule has 16 heavy (non-hydrogen) atoms. The number of hydrogen-bond acceptors (Lipinski definition) is 3. The Hall–Kier alpha value is -0.870. The van der Waals surface area contributed by atoms with Crippen molar-refractivity contribution in [3.63, 3.8) is 0 Å². The topological polar surface area (TPSA) is 41.9 Å². The maximum Gasteiger partial charge on any atom is 0.0533 e. The molecule has 0 saturated carbocycles. The first-order valence-electron chi connectivity index (χ1n) is 6.01. The summed E-state index contributed by atoms with van der Waals surface area (Å²) in [6, 6.07) is 1.95. The molecule has 4 heteroatoms. The molecule has 0 radical (unpaired) electrons. The van der Waals surface area contributed by atoms with Crippen LogP contribution in [0.2, 0.25) is 0 Å². The van der Waals surface area contributed by atoms with Crippen molar-refractivity contribution in [1.29, 1.82) is 0 Å². The lowest BCUT2D eigenvalue weighted by molar-refractivity contribution is 0.417. The molecule has 92 valence electrons. The molecule has 0 unspecified atom stereocenters. The van der Waals surface area contributed by atoms with E-state index in [1.54, 1.807) is 0 Å². The highest BCUT2D eigenvalue weighted by atomic mass is 15.3. The van der Waals surface area contributed by atoms with Crippen LogP contribution in [0, 0.1) is 0 Å². The van der Waals surface area contributed by atoms with Gasteiger partial charge in [-0.05, 0) is 46.3 Å². The number of nitrogens with zero attached hydrogens (tertiary/aromatic N) is 2. The zero-order chi connectivity index (χ0) is 11.9. The van der Waals surface area contributed by atoms with Gasteiger partial charge in [-0.25, -0.2) is 0 Å². The Kier molecular flexibility index (Phi) is 5.49. The predicted molar refractivity (Wildman–Crippen MR) is 67.5 cm³/mol. The van der Waals surface area contributed by atoms with E-state index in [9.17, 15) is 0 Å². The fraction of sp³-hybridized carbons (Fsp3) is 0.750. The van der Waals surface area contributed by atoms with Crippen LogP contribution in [0.1, 0.15) is 27.2 Å². The smallest absolute Gasteiger partial charge is 0.0533 e. The molecule has 0 fully saturated rings. The molecule has 1 aromatic heterocycles. The lowest BCUT2D eigenvalue weighted by Crippen LogP contribution is -2.37. The second-order valence-corrected chi connectivity index (χ2v) is 5.05. The van der Waals surface area contributed by atoms with Crippen molar-refractivity contribution < 1.29 is 0 Å². The molecule has 0 aliphatic carbocycles. The Morgan fingerprint density at radius 1 is 1.19 bits per heavy atom. The Balaban J connectivity index is 1.89. The molecular weight excluding hydrogens is 200 g/mol. The average molecular weight is 224 g/mol. The number of rotatable bonds is 7. The second-order valence-electron chi connectivity index (χ2n) is 5.05. The standard InChI is InChI=1S/C12H24N4/c1-12(2,3)14-7-4-6-13-9-11-16-10-5-8-15-16/h5,8,10,13-14H,4,6-7,9,11H2,1-3H3. The van der Waals surface area contributed by atoms with E-state index in [1.807, 2.05) is 23.1 Å². The van der Waals surface area contributed by atoms with Gasteiger partial charge in [0.05, 0.1) is 6.54 Å². The SMILES string of the molecule is CC(C)(C)NCCCNCCn1cccn1.